The van der Waals surface area contributed by atoms with Crippen molar-refractivity contribution >= 4 is 6.03 Å². The Kier molecular flexibility index (Phi) is 4.47. The lowest BCUT2D eigenvalue weighted by Gasteiger charge is -2.52. The van der Waals surface area contributed by atoms with E-state index in [4.69, 9.17) is 0 Å². The molecule has 0 radical (unpaired) electrons. The molecule has 1 saturated heterocycles. The summed E-state index contributed by atoms with van der Waals surface area (Å²) in [6.07, 6.45) is 5.98. The molecule has 2 aliphatic carbocycles. The Morgan fingerprint density at radius 1 is 1.19 bits per heavy atom. The molecule has 1 spiro atoms. The summed E-state index contributed by atoms with van der Waals surface area (Å²) in [6, 6.07) is 6.86. The first-order chi connectivity index (χ1) is 12.8. The van der Waals surface area contributed by atoms with Crippen molar-refractivity contribution in [2.24, 2.45) is 0 Å². The Morgan fingerprint density at radius 2 is 1.89 bits per heavy atom. The van der Waals surface area contributed by atoms with Crippen molar-refractivity contribution in [1.29, 1.82) is 0 Å². The SMILES string of the molecule is CN(C)[C@]1(c2cccc(F)c2)CC[C@@]2(CC1)CNC(=O)N2CC1(O)CCC1. The number of urea groups is 1. The minimum atomic E-state index is -0.715. The average molecular weight is 375 g/mol. The van der Waals surface area contributed by atoms with Crippen LogP contribution in [0.3, 0.4) is 0 Å². The molecule has 1 aliphatic heterocycles. The van der Waals surface area contributed by atoms with E-state index in [1.54, 1.807) is 12.1 Å². The third-order valence-corrected chi connectivity index (χ3v) is 7.35. The average Bonchev–Trinajstić information content (AvgIpc) is 2.91. The Labute approximate surface area is 160 Å². The van der Waals surface area contributed by atoms with E-state index in [0.29, 0.717) is 13.1 Å². The van der Waals surface area contributed by atoms with Crippen LogP contribution in [0.25, 0.3) is 0 Å². The highest BCUT2D eigenvalue weighted by atomic mass is 19.1. The smallest absolute Gasteiger partial charge is 0.318 e. The maximum Gasteiger partial charge on any atom is 0.318 e. The van der Waals surface area contributed by atoms with Gasteiger partial charge >= 0.3 is 6.03 Å². The molecule has 4 rings (SSSR count). The van der Waals surface area contributed by atoms with E-state index in [9.17, 15) is 14.3 Å². The number of hydrogen-bond acceptors (Lipinski definition) is 3. The van der Waals surface area contributed by atoms with Gasteiger partial charge in [-0.3, -0.25) is 4.90 Å². The highest BCUT2D eigenvalue weighted by molar-refractivity contribution is 5.78. The maximum atomic E-state index is 13.9. The van der Waals surface area contributed by atoms with Crippen molar-refractivity contribution in [1.82, 2.24) is 15.1 Å². The molecular formula is C21H30FN3O2. The van der Waals surface area contributed by atoms with Crippen LogP contribution < -0.4 is 5.32 Å². The number of carbonyl (C=O) groups is 1. The van der Waals surface area contributed by atoms with Gasteiger partial charge in [-0.25, -0.2) is 9.18 Å². The van der Waals surface area contributed by atoms with Gasteiger partial charge in [-0.05, 0) is 76.7 Å². The lowest BCUT2D eigenvalue weighted by molar-refractivity contribution is -0.0725. The quantitative estimate of drug-likeness (QED) is 0.851. The Morgan fingerprint density at radius 3 is 2.44 bits per heavy atom. The van der Waals surface area contributed by atoms with E-state index >= 15 is 0 Å². The van der Waals surface area contributed by atoms with Gasteiger partial charge in [0.25, 0.3) is 0 Å². The van der Waals surface area contributed by atoms with E-state index in [-0.39, 0.29) is 22.9 Å². The summed E-state index contributed by atoms with van der Waals surface area (Å²) in [7, 11) is 4.10. The number of hydrogen-bond donors (Lipinski definition) is 2. The molecule has 1 aromatic carbocycles. The Bertz CT molecular complexity index is 724. The summed E-state index contributed by atoms with van der Waals surface area (Å²) in [5.74, 6) is -0.208. The monoisotopic (exact) mass is 375 g/mol. The van der Waals surface area contributed by atoms with Gasteiger partial charge in [0.2, 0.25) is 0 Å². The van der Waals surface area contributed by atoms with E-state index < -0.39 is 5.60 Å². The number of rotatable bonds is 4. The third-order valence-electron chi connectivity index (χ3n) is 7.35. The molecular weight excluding hydrogens is 345 g/mol. The van der Waals surface area contributed by atoms with E-state index in [1.165, 1.54) is 6.07 Å². The molecule has 27 heavy (non-hydrogen) atoms. The van der Waals surface area contributed by atoms with Crippen LogP contribution in [0.4, 0.5) is 9.18 Å². The van der Waals surface area contributed by atoms with Crippen LogP contribution in [0.2, 0.25) is 0 Å². The molecule has 2 N–H and O–H groups in total. The number of amides is 2. The number of β-amino-alcohol motifs (C(OH)–C–C–N with tert-alkyl or cyclic N) is 1. The van der Waals surface area contributed by atoms with Gasteiger partial charge in [-0.15, -0.1) is 0 Å². The predicted octanol–water partition coefficient (Wildman–Crippen LogP) is 2.84. The zero-order valence-electron chi connectivity index (χ0n) is 16.3. The van der Waals surface area contributed by atoms with E-state index in [0.717, 1.165) is 50.5 Å². The molecule has 0 bridgehead atoms. The summed E-state index contributed by atoms with van der Waals surface area (Å²) in [5.41, 5.74) is -0.176. The Balaban J connectivity index is 1.58. The second kappa shape index (κ2) is 6.45. The van der Waals surface area contributed by atoms with Gasteiger partial charge in [0.15, 0.2) is 0 Å². The minimum Gasteiger partial charge on any atom is -0.388 e. The summed E-state index contributed by atoms with van der Waals surface area (Å²) in [6.45, 7) is 1.06. The number of aliphatic hydroxyl groups is 1. The molecule has 0 atom stereocenters. The fourth-order valence-electron chi connectivity index (χ4n) is 5.27. The summed E-state index contributed by atoms with van der Waals surface area (Å²) < 4.78 is 13.9. The van der Waals surface area contributed by atoms with Gasteiger partial charge in [0, 0.05) is 12.1 Å². The molecule has 6 heteroatoms. The number of benzene rings is 1. The van der Waals surface area contributed by atoms with Crippen molar-refractivity contribution in [2.45, 2.75) is 61.6 Å². The highest BCUT2D eigenvalue weighted by Gasteiger charge is 2.54. The van der Waals surface area contributed by atoms with Gasteiger partial charge in [0.1, 0.15) is 5.82 Å². The molecule has 2 amide bonds. The number of nitrogens with one attached hydrogen (secondary N) is 1. The van der Waals surface area contributed by atoms with Gasteiger partial charge < -0.3 is 15.3 Å². The second-order valence-electron chi connectivity index (χ2n) is 8.98. The lowest BCUT2D eigenvalue weighted by atomic mass is 9.68. The zero-order valence-corrected chi connectivity index (χ0v) is 16.3. The fourth-order valence-corrected chi connectivity index (χ4v) is 5.27. The summed E-state index contributed by atoms with van der Waals surface area (Å²) >= 11 is 0. The minimum absolute atomic E-state index is 0.0570. The number of nitrogens with zero attached hydrogens (tertiary/aromatic N) is 2. The first kappa shape index (κ1) is 18.7. The first-order valence-electron chi connectivity index (χ1n) is 10.0. The van der Waals surface area contributed by atoms with Gasteiger partial charge in [-0.2, -0.15) is 0 Å². The fraction of sp³-hybridized carbons (Fsp3) is 0.667. The maximum absolute atomic E-state index is 13.9. The first-order valence-corrected chi connectivity index (χ1v) is 10.0. The van der Waals surface area contributed by atoms with Crippen molar-refractivity contribution in [3.63, 3.8) is 0 Å². The van der Waals surface area contributed by atoms with E-state index in [2.05, 4.69) is 24.3 Å². The molecule has 1 heterocycles. The highest BCUT2D eigenvalue weighted by Crippen LogP contribution is 2.48. The summed E-state index contributed by atoms with van der Waals surface area (Å²) in [4.78, 5) is 16.6. The number of carbonyl (C=O) groups excluding carboxylic acids is 1. The van der Waals surface area contributed by atoms with Crippen molar-refractivity contribution in [3.8, 4) is 0 Å². The van der Waals surface area contributed by atoms with Crippen molar-refractivity contribution in [2.75, 3.05) is 27.2 Å². The van der Waals surface area contributed by atoms with Crippen LogP contribution in [-0.2, 0) is 5.54 Å². The van der Waals surface area contributed by atoms with Gasteiger partial charge in [-0.1, -0.05) is 12.1 Å². The third kappa shape index (κ3) is 3.03. The molecule has 3 fully saturated rings. The molecule has 3 aliphatic rings. The molecule has 0 aromatic heterocycles. The Hall–Kier alpha value is -1.66. The van der Waals surface area contributed by atoms with Gasteiger partial charge in [0.05, 0.1) is 17.7 Å². The predicted molar refractivity (Wildman–Crippen MR) is 102 cm³/mol. The zero-order chi connectivity index (χ0) is 19.3. The molecule has 1 aromatic rings. The largest absolute Gasteiger partial charge is 0.388 e. The summed E-state index contributed by atoms with van der Waals surface area (Å²) in [5, 5.41) is 13.6. The molecule has 0 unspecified atom stereocenters. The van der Waals surface area contributed by atoms with Crippen molar-refractivity contribution < 1.29 is 14.3 Å². The molecule has 5 nitrogen and oxygen atoms in total. The van der Waals surface area contributed by atoms with E-state index in [1.807, 2.05) is 11.0 Å². The van der Waals surface area contributed by atoms with Crippen molar-refractivity contribution in [3.05, 3.63) is 35.6 Å². The lowest BCUT2D eigenvalue weighted by Crippen LogP contribution is -2.59. The van der Waals surface area contributed by atoms with Crippen LogP contribution in [0, 0.1) is 5.82 Å². The van der Waals surface area contributed by atoms with Crippen LogP contribution in [0.1, 0.15) is 50.5 Å². The van der Waals surface area contributed by atoms with Crippen LogP contribution >= 0.6 is 0 Å². The molecule has 148 valence electrons. The van der Waals surface area contributed by atoms with Crippen LogP contribution in [-0.4, -0.2) is 59.3 Å². The molecule has 2 saturated carbocycles. The normalized spacial score (nSPS) is 32.6. The van der Waals surface area contributed by atoms with Crippen LogP contribution in [0.5, 0.6) is 0 Å². The standard InChI is InChI=1S/C21H30FN3O2/c1-24(2)21(16-5-3-6-17(22)13-16)11-9-19(10-12-21)14-23-18(26)25(19)15-20(27)7-4-8-20/h3,5-6,13,27H,4,7-12,14-15H2,1-2H3,(H,23,26)/t19-,21-. The second-order valence-corrected chi connectivity index (χ2v) is 8.98. The van der Waals surface area contributed by atoms with Crippen LogP contribution in [0.15, 0.2) is 24.3 Å². The number of halogens is 1. The topological polar surface area (TPSA) is 55.8 Å².